The van der Waals surface area contributed by atoms with Gasteiger partial charge < -0.3 is 4.57 Å². The summed E-state index contributed by atoms with van der Waals surface area (Å²) in [6.07, 6.45) is 1.88. The Morgan fingerprint density at radius 3 is 2.00 bits per heavy atom. The summed E-state index contributed by atoms with van der Waals surface area (Å²) in [5.41, 5.74) is 1.19. The Labute approximate surface area is 88.2 Å². The lowest BCUT2D eigenvalue weighted by Crippen LogP contribution is -2.54. The van der Waals surface area contributed by atoms with E-state index in [4.69, 9.17) is 0 Å². The molecule has 0 saturated heterocycles. The normalized spacial score (nSPS) is 11.8. The zero-order chi connectivity index (χ0) is 10.8. The molecule has 0 aliphatic carbocycles. The Bertz CT molecular complexity index is 312. The van der Waals surface area contributed by atoms with Gasteiger partial charge in [-0.15, -0.1) is 0 Å². The molecule has 2 heteroatoms. The van der Waals surface area contributed by atoms with E-state index in [1.807, 2.05) is 6.08 Å². The maximum absolute atomic E-state index is 3.76. The Kier molecular flexibility index (Phi) is 3.29. The van der Waals surface area contributed by atoms with Gasteiger partial charge in [-0.05, 0) is 24.8 Å². The predicted octanol–water partition coefficient (Wildman–Crippen LogP) is 2.30. The van der Waals surface area contributed by atoms with Gasteiger partial charge in [-0.3, -0.25) is 0 Å². The van der Waals surface area contributed by atoms with Gasteiger partial charge in [-0.1, -0.05) is 50.0 Å². The Morgan fingerprint density at radius 2 is 1.64 bits per heavy atom. The molecular weight excluding hydrogens is 186 g/mol. The first-order valence-electron chi connectivity index (χ1n) is 4.89. The standard InChI is InChI=1S/C12H19NSi/c1-6-11-7-9-12(10-8-11)14(4,5)13(2)3/h6-10H,1H2,2-5H3. The van der Waals surface area contributed by atoms with Crippen molar-refractivity contribution in [2.24, 2.45) is 0 Å². The number of hydrogen-bond donors (Lipinski definition) is 0. The summed E-state index contributed by atoms with van der Waals surface area (Å²) in [7, 11) is 2.93. The Hall–Kier alpha value is -0.863. The van der Waals surface area contributed by atoms with Crippen molar-refractivity contribution in [3.05, 3.63) is 36.4 Å². The van der Waals surface area contributed by atoms with Gasteiger partial charge in [-0.2, -0.15) is 0 Å². The van der Waals surface area contributed by atoms with Crippen molar-refractivity contribution in [2.75, 3.05) is 14.1 Å². The van der Waals surface area contributed by atoms with Crippen molar-refractivity contribution >= 4 is 19.5 Å². The van der Waals surface area contributed by atoms with Gasteiger partial charge in [0.05, 0.1) is 0 Å². The largest absolute Gasteiger partial charge is 0.326 e. The molecule has 1 aromatic rings. The van der Waals surface area contributed by atoms with E-state index >= 15 is 0 Å². The van der Waals surface area contributed by atoms with Gasteiger partial charge in [0.25, 0.3) is 0 Å². The minimum absolute atomic E-state index is 1.19. The molecule has 0 radical (unpaired) electrons. The minimum Gasteiger partial charge on any atom is -0.326 e. The third kappa shape index (κ3) is 2.14. The lowest BCUT2D eigenvalue weighted by molar-refractivity contribution is 0.633. The molecule has 0 spiro atoms. The molecule has 0 aromatic heterocycles. The Morgan fingerprint density at radius 1 is 1.14 bits per heavy atom. The molecular formula is C12H19NSi. The third-order valence-electron chi connectivity index (χ3n) is 2.97. The van der Waals surface area contributed by atoms with Crippen molar-refractivity contribution in [3.8, 4) is 0 Å². The fourth-order valence-corrected chi connectivity index (χ4v) is 2.78. The molecule has 0 amide bonds. The summed E-state index contributed by atoms with van der Waals surface area (Å²) in [5.74, 6) is 0. The topological polar surface area (TPSA) is 3.24 Å². The van der Waals surface area contributed by atoms with E-state index in [1.165, 1.54) is 10.8 Å². The molecule has 0 aliphatic rings. The van der Waals surface area contributed by atoms with Crippen LogP contribution < -0.4 is 5.19 Å². The van der Waals surface area contributed by atoms with Crippen LogP contribution >= 0.6 is 0 Å². The summed E-state index contributed by atoms with van der Waals surface area (Å²) in [4.78, 5) is 0. The van der Waals surface area contributed by atoms with Gasteiger partial charge in [0.2, 0.25) is 0 Å². The second-order valence-electron chi connectivity index (χ2n) is 4.28. The molecule has 14 heavy (non-hydrogen) atoms. The minimum atomic E-state index is -1.39. The highest BCUT2D eigenvalue weighted by Gasteiger charge is 2.25. The molecule has 0 unspecified atom stereocenters. The number of hydrogen-bond acceptors (Lipinski definition) is 1. The smallest absolute Gasteiger partial charge is 0.153 e. The van der Waals surface area contributed by atoms with Crippen LogP contribution in [-0.2, 0) is 0 Å². The van der Waals surface area contributed by atoms with Crippen LogP contribution in [0.25, 0.3) is 6.08 Å². The van der Waals surface area contributed by atoms with Crippen LogP contribution in [-0.4, -0.2) is 26.9 Å². The van der Waals surface area contributed by atoms with Gasteiger partial charge >= 0.3 is 0 Å². The van der Waals surface area contributed by atoms with Crippen LogP contribution in [0.2, 0.25) is 13.1 Å². The lowest BCUT2D eigenvalue weighted by atomic mass is 10.2. The van der Waals surface area contributed by atoms with E-state index in [1.54, 1.807) is 0 Å². The molecule has 76 valence electrons. The van der Waals surface area contributed by atoms with Gasteiger partial charge in [0.15, 0.2) is 8.24 Å². The molecule has 0 saturated carbocycles. The van der Waals surface area contributed by atoms with Gasteiger partial charge in [0.1, 0.15) is 0 Å². The molecule has 0 heterocycles. The van der Waals surface area contributed by atoms with E-state index < -0.39 is 8.24 Å². The maximum atomic E-state index is 3.76. The number of benzene rings is 1. The Balaban J connectivity index is 3.02. The molecule has 0 fully saturated rings. The fraction of sp³-hybridized carbons (Fsp3) is 0.333. The molecule has 1 aromatic carbocycles. The number of rotatable bonds is 3. The van der Waals surface area contributed by atoms with Crippen LogP contribution in [0.1, 0.15) is 5.56 Å². The highest BCUT2D eigenvalue weighted by atomic mass is 28.3. The first kappa shape index (κ1) is 11.2. The zero-order valence-corrected chi connectivity index (χ0v) is 10.5. The van der Waals surface area contributed by atoms with Crippen molar-refractivity contribution in [1.29, 1.82) is 0 Å². The van der Waals surface area contributed by atoms with Crippen LogP contribution in [0.5, 0.6) is 0 Å². The first-order valence-corrected chi connectivity index (χ1v) is 7.83. The van der Waals surface area contributed by atoms with Crippen LogP contribution in [0.4, 0.5) is 0 Å². The zero-order valence-electron chi connectivity index (χ0n) is 9.54. The average Bonchev–Trinajstić information content (AvgIpc) is 2.17. The fourth-order valence-electron chi connectivity index (χ4n) is 1.29. The van der Waals surface area contributed by atoms with Crippen molar-refractivity contribution in [2.45, 2.75) is 13.1 Å². The van der Waals surface area contributed by atoms with E-state index in [0.29, 0.717) is 0 Å². The molecule has 1 rings (SSSR count). The van der Waals surface area contributed by atoms with Gasteiger partial charge in [0, 0.05) is 0 Å². The van der Waals surface area contributed by atoms with E-state index in [0.717, 1.165) is 0 Å². The quantitative estimate of drug-likeness (QED) is 0.685. The lowest BCUT2D eigenvalue weighted by Gasteiger charge is -2.30. The molecule has 0 bridgehead atoms. The molecule has 0 N–H and O–H groups in total. The van der Waals surface area contributed by atoms with Crippen LogP contribution in [0.3, 0.4) is 0 Å². The monoisotopic (exact) mass is 205 g/mol. The van der Waals surface area contributed by atoms with Crippen molar-refractivity contribution in [3.63, 3.8) is 0 Å². The van der Waals surface area contributed by atoms with E-state index in [9.17, 15) is 0 Å². The second-order valence-corrected chi connectivity index (χ2v) is 8.87. The third-order valence-corrected chi connectivity index (χ3v) is 6.95. The summed E-state index contributed by atoms with van der Waals surface area (Å²) >= 11 is 0. The summed E-state index contributed by atoms with van der Waals surface area (Å²) in [5, 5.41) is 1.47. The van der Waals surface area contributed by atoms with Crippen molar-refractivity contribution in [1.82, 2.24) is 4.57 Å². The molecule has 1 nitrogen and oxygen atoms in total. The highest BCUT2D eigenvalue weighted by molar-refractivity contribution is 6.87. The first-order chi connectivity index (χ1) is 6.48. The SMILES string of the molecule is C=Cc1ccc([Si](C)(C)N(C)C)cc1. The van der Waals surface area contributed by atoms with Gasteiger partial charge in [-0.25, -0.2) is 0 Å². The van der Waals surface area contributed by atoms with Crippen LogP contribution in [0.15, 0.2) is 30.8 Å². The summed E-state index contributed by atoms with van der Waals surface area (Å²) in [6, 6.07) is 8.73. The average molecular weight is 205 g/mol. The summed E-state index contributed by atoms with van der Waals surface area (Å²) < 4.78 is 2.36. The molecule has 0 aliphatic heterocycles. The number of nitrogens with zero attached hydrogens (tertiary/aromatic N) is 1. The van der Waals surface area contributed by atoms with E-state index in [-0.39, 0.29) is 0 Å². The van der Waals surface area contributed by atoms with E-state index in [2.05, 4.69) is 62.6 Å². The second kappa shape index (κ2) is 4.11. The summed E-state index contributed by atoms with van der Waals surface area (Å²) in [6.45, 7) is 8.47. The molecule has 0 atom stereocenters. The van der Waals surface area contributed by atoms with Crippen LogP contribution in [0, 0.1) is 0 Å². The van der Waals surface area contributed by atoms with Crippen molar-refractivity contribution < 1.29 is 0 Å². The predicted molar refractivity (Wildman–Crippen MR) is 67.3 cm³/mol. The maximum Gasteiger partial charge on any atom is 0.153 e. The highest BCUT2D eigenvalue weighted by Crippen LogP contribution is 2.07.